The first-order valence-corrected chi connectivity index (χ1v) is 7.39. The Morgan fingerprint density at radius 2 is 1.84 bits per heavy atom. The van der Waals surface area contributed by atoms with Gasteiger partial charge in [-0.3, -0.25) is 0 Å². The number of benzene rings is 1. The van der Waals surface area contributed by atoms with Crippen molar-refractivity contribution in [3.05, 3.63) is 24.3 Å². The van der Waals surface area contributed by atoms with Crippen LogP contribution in [0.1, 0.15) is 13.8 Å². The summed E-state index contributed by atoms with van der Waals surface area (Å²) in [6, 6.07) is 6.26. The van der Waals surface area contributed by atoms with Crippen LogP contribution in [0.15, 0.2) is 29.2 Å². The highest BCUT2D eigenvalue weighted by Gasteiger charge is 2.18. The lowest BCUT2D eigenvalue weighted by molar-refractivity contribution is 0.158. The van der Waals surface area contributed by atoms with E-state index in [-0.39, 0.29) is 11.5 Å². The molecule has 0 fully saturated rings. The number of hydrogen-bond acceptors (Lipinski definition) is 5. The number of amides is 1. The Morgan fingerprint density at radius 3 is 2.32 bits per heavy atom. The minimum atomic E-state index is -3.87. The van der Waals surface area contributed by atoms with E-state index in [0.29, 0.717) is 0 Å². The molecule has 1 aromatic rings. The summed E-state index contributed by atoms with van der Waals surface area (Å²) in [6.07, 6.45) is -0.975. The van der Waals surface area contributed by atoms with Crippen molar-refractivity contribution in [1.29, 1.82) is 0 Å². The van der Waals surface area contributed by atoms with Crippen LogP contribution < -0.4 is 9.62 Å². The van der Waals surface area contributed by atoms with Gasteiger partial charge in [-0.15, -0.1) is 0 Å². The van der Waals surface area contributed by atoms with Crippen LogP contribution in [0.25, 0.3) is 0 Å². The van der Waals surface area contributed by atoms with Gasteiger partial charge in [-0.1, -0.05) is 0 Å². The molecule has 0 aliphatic carbocycles. The summed E-state index contributed by atoms with van der Waals surface area (Å²) < 4.78 is 30.1. The molecule has 0 bridgehead atoms. The molecule has 0 atom stereocenters. The number of ether oxygens (including phenoxy) is 1. The first-order valence-electron chi connectivity index (χ1n) is 5.91. The van der Waals surface area contributed by atoms with E-state index in [4.69, 9.17) is 0 Å². The Hall–Kier alpha value is -1.76. The van der Waals surface area contributed by atoms with Crippen molar-refractivity contribution < 1.29 is 17.9 Å². The number of rotatable bonds is 5. The second-order valence-electron chi connectivity index (χ2n) is 3.83. The van der Waals surface area contributed by atoms with Crippen LogP contribution in [-0.4, -0.2) is 34.7 Å². The molecule has 0 spiro atoms. The maximum Gasteiger partial charge on any atom is 0.421 e. The maximum atomic E-state index is 11.8. The number of nitrogens with zero attached hydrogens (tertiary/aromatic N) is 1. The number of hydrogen-bond donors (Lipinski definition) is 1. The fraction of sp³-hybridized carbons (Fsp3) is 0.417. The molecular formula is C12H18N2O4S. The van der Waals surface area contributed by atoms with E-state index in [9.17, 15) is 13.2 Å². The van der Waals surface area contributed by atoms with Gasteiger partial charge in [-0.25, -0.2) is 17.9 Å². The molecule has 0 saturated heterocycles. The predicted molar refractivity (Wildman–Crippen MR) is 72.7 cm³/mol. The van der Waals surface area contributed by atoms with Crippen molar-refractivity contribution in [2.75, 3.05) is 25.1 Å². The van der Waals surface area contributed by atoms with Gasteiger partial charge in [0.1, 0.15) is 0 Å². The zero-order valence-electron chi connectivity index (χ0n) is 11.2. The quantitative estimate of drug-likeness (QED) is 0.889. The second kappa shape index (κ2) is 6.42. The van der Waals surface area contributed by atoms with Gasteiger partial charge >= 0.3 is 6.09 Å². The number of carbonyl (C=O) groups is 1. The van der Waals surface area contributed by atoms with E-state index in [0.717, 1.165) is 12.2 Å². The highest BCUT2D eigenvalue weighted by atomic mass is 32.2. The van der Waals surface area contributed by atoms with Crippen molar-refractivity contribution >= 4 is 21.8 Å². The van der Waals surface area contributed by atoms with Gasteiger partial charge in [-0.05, 0) is 38.1 Å². The molecule has 1 N–H and O–H groups in total. The predicted octanol–water partition coefficient (Wildman–Crippen LogP) is 1.58. The van der Waals surface area contributed by atoms with Gasteiger partial charge in [0.05, 0.1) is 11.5 Å². The number of nitrogens with one attached hydrogen (secondary N) is 1. The summed E-state index contributed by atoms with van der Waals surface area (Å²) in [6.45, 7) is 4.52. The lowest BCUT2D eigenvalue weighted by atomic mass is 10.3. The first kappa shape index (κ1) is 15.3. The van der Waals surface area contributed by atoms with Crippen molar-refractivity contribution in [3.63, 3.8) is 0 Å². The second-order valence-corrected chi connectivity index (χ2v) is 5.52. The van der Waals surface area contributed by atoms with Gasteiger partial charge in [0.25, 0.3) is 10.0 Å². The summed E-state index contributed by atoms with van der Waals surface area (Å²) in [5.74, 6) is 0. The summed E-state index contributed by atoms with van der Waals surface area (Å²) >= 11 is 0. The first-order chi connectivity index (χ1) is 8.90. The fourth-order valence-electron chi connectivity index (χ4n) is 1.39. The Bertz CT molecular complexity index is 525. The third-order valence-corrected chi connectivity index (χ3v) is 3.88. The number of anilines is 1. The molecule has 1 aromatic carbocycles. The average molecular weight is 286 g/mol. The molecular weight excluding hydrogens is 268 g/mol. The minimum Gasteiger partial charge on any atom is -0.449 e. The normalized spacial score (nSPS) is 10.9. The summed E-state index contributed by atoms with van der Waals surface area (Å²) in [7, 11) is -1.97. The van der Waals surface area contributed by atoms with Crippen LogP contribution in [0.4, 0.5) is 10.5 Å². The zero-order valence-corrected chi connectivity index (χ0v) is 12.0. The third kappa shape index (κ3) is 4.13. The van der Waals surface area contributed by atoms with E-state index in [1.165, 1.54) is 12.1 Å². The molecule has 7 heteroatoms. The maximum absolute atomic E-state index is 11.8. The molecule has 1 rings (SSSR count). The highest BCUT2D eigenvalue weighted by Crippen LogP contribution is 2.16. The zero-order chi connectivity index (χ0) is 14.5. The molecule has 0 aliphatic rings. The molecule has 0 saturated carbocycles. The Labute approximate surface area is 113 Å². The van der Waals surface area contributed by atoms with Crippen LogP contribution in [0.2, 0.25) is 0 Å². The van der Waals surface area contributed by atoms with Gasteiger partial charge in [0, 0.05) is 19.3 Å². The molecule has 6 nitrogen and oxygen atoms in total. The fourth-order valence-corrected chi connectivity index (χ4v) is 2.28. The van der Waals surface area contributed by atoms with E-state index in [1.807, 2.05) is 23.6 Å². The molecule has 0 heterocycles. The Balaban J connectivity index is 2.88. The Morgan fingerprint density at radius 1 is 1.26 bits per heavy atom. The molecule has 19 heavy (non-hydrogen) atoms. The van der Waals surface area contributed by atoms with Crippen LogP contribution in [0.3, 0.4) is 0 Å². The van der Waals surface area contributed by atoms with Crippen molar-refractivity contribution in [2.45, 2.75) is 18.7 Å². The largest absolute Gasteiger partial charge is 0.449 e. The van der Waals surface area contributed by atoms with Crippen LogP contribution >= 0.6 is 0 Å². The topological polar surface area (TPSA) is 75.7 Å². The van der Waals surface area contributed by atoms with Crippen LogP contribution in [-0.2, 0) is 14.8 Å². The molecule has 0 radical (unpaired) electrons. The van der Waals surface area contributed by atoms with Gasteiger partial charge in [0.2, 0.25) is 0 Å². The van der Waals surface area contributed by atoms with E-state index < -0.39 is 16.1 Å². The van der Waals surface area contributed by atoms with E-state index in [2.05, 4.69) is 4.74 Å². The lowest BCUT2D eigenvalue weighted by Crippen LogP contribution is -2.31. The number of carbonyl (C=O) groups excluding carboxylic acids is 1. The molecule has 0 unspecified atom stereocenters. The van der Waals surface area contributed by atoms with Gasteiger partial charge < -0.3 is 9.64 Å². The van der Waals surface area contributed by atoms with Crippen molar-refractivity contribution in [2.24, 2.45) is 0 Å². The Kier molecular flexibility index (Phi) is 5.17. The monoisotopic (exact) mass is 286 g/mol. The number of sulfonamides is 1. The molecule has 1 amide bonds. The summed E-state index contributed by atoms with van der Waals surface area (Å²) in [4.78, 5) is 13.1. The SMILES string of the molecule is CCOC(=O)NS(=O)(=O)c1ccc(N(C)CC)cc1. The standard InChI is InChI=1S/C12H18N2O4S/c1-4-14(3)10-6-8-11(9-7-10)19(16,17)13-12(15)18-5-2/h6-9H,4-5H2,1-3H3,(H,13,15). The van der Waals surface area contributed by atoms with Crippen molar-refractivity contribution in [3.8, 4) is 0 Å². The van der Waals surface area contributed by atoms with Gasteiger partial charge in [0.15, 0.2) is 0 Å². The smallest absolute Gasteiger partial charge is 0.421 e. The minimum absolute atomic E-state index is 0.0220. The molecule has 0 aliphatic heterocycles. The molecule has 106 valence electrons. The van der Waals surface area contributed by atoms with Crippen LogP contribution in [0.5, 0.6) is 0 Å². The van der Waals surface area contributed by atoms with Gasteiger partial charge in [-0.2, -0.15) is 0 Å². The van der Waals surface area contributed by atoms with E-state index >= 15 is 0 Å². The molecule has 0 aromatic heterocycles. The summed E-state index contributed by atoms with van der Waals surface area (Å²) in [5.41, 5.74) is 0.901. The average Bonchev–Trinajstić information content (AvgIpc) is 2.37. The summed E-state index contributed by atoms with van der Waals surface area (Å²) in [5, 5.41) is 0. The van der Waals surface area contributed by atoms with Crippen LogP contribution in [0, 0.1) is 0 Å². The highest BCUT2D eigenvalue weighted by molar-refractivity contribution is 7.90. The van der Waals surface area contributed by atoms with Crippen molar-refractivity contribution in [1.82, 2.24) is 4.72 Å². The third-order valence-electron chi connectivity index (χ3n) is 2.56. The van der Waals surface area contributed by atoms with E-state index in [1.54, 1.807) is 19.1 Å². The lowest BCUT2D eigenvalue weighted by Gasteiger charge is -2.16.